The maximum Gasteiger partial charge on any atom is 0.334 e. The number of aliphatic carboxylic acids is 1. The zero-order valence-corrected chi connectivity index (χ0v) is 13.0. The summed E-state index contributed by atoms with van der Waals surface area (Å²) in [5.74, 6) is -5.68. The minimum Gasteiger partial charge on any atom is -0.481 e. The number of benzene rings is 2. The number of carbonyl (C=O) groups is 1. The molecule has 0 spiro atoms. The van der Waals surface area contributed by atoms with Crippen LogP contribution in [-0.4, -0.2) is 17.5 Å². The van der Waals surface area contributed by atoms with Crippen molar-refractivity contribution < 1.29 is 27.8 Å². The van der Waals surface area contributed by atoms with Crippen molar-refractivity contribution in [1.82, 2.24) is 0 Å². The number of carboxylic acids is 1. The van der Waals surface area contributed by atoms with E-state index in [-0.39, 0.29) is 23.3 Å². The van der Waals surface area contributed by atoms with Crippen LogP contribution in [0.5, 0.6) is 5.75 Å². The summed E-state index contributed by atoms with van der Waals surface area (Å²) in [6.45, 7) is 1.64. The molecule has 2 unspecified atom stereocenters. The van der Waals surface area contributed by atoms with Gasteiger partial charge in [-0.15, -0.1) is 0 Å². The van der Waals surface area contributed by atoms with Gasteiger partial charge in [-0.2, -0.15) is 4.39 Å². The predicted molar refractivity (Wildman–Crippen MR) is 83.0 cm³/mol. The van der Waals surface area contributed by atoms with E-state index in [0.717, 1.165) is 0 Å². The third-order valence-electron chi connectivity index (χ3n) is 3.71. The van der Waals surface area contributed by atoms with Gasteiger partial charge in [-0.25, -0.2) is 8.78 Å². The lowest BCUT2D eigenvalue weighted by Crippen LogP contribution is -2.36. The van der Waals surface area contributed by atoms with Crippen molar-refractivity contribution in [1.29, 1.82) is 0 Å². The largest absolute Gasteiger partial charge is 0.481 e. The highest BCUT2D eigenvalue weighted by atomic mass is 19.3. The fraction of sp³-hybridized carbons (Fsp3) is 0.278. The Bertz CT molecular complexity index is 691. The second-order valence-corrected chi connectivity index (χ2v) is 5.25. The molecule has 0 fully saturated rings. The highest BCUT2D eigenvalue weighted by Gasteiger charge is 2.45. The first-order valence-electron chi connectivity index (χ1n) is 7.43. The van der Waals surface area contributed by atoms with Gasteiger partial charge in [0.25, 0.3) is 0 Å². The molecule has 0 heterocycles. The quantitative estimate of drug-likeness (QED) is 0.794. The Labute approximate surface area is 137 Å². The number of hydrogen-bond donors (Lipinski definition) is 1. The second kappa shape index (κ2) is 7.38. The third-order valence-corrected chi connectivity index (χ3v) is 3.71. The normalized spacial score (nSPS) is 14.9. The van der Waals surface area contributed by atoms with E-state index in [4.69, 9.17) is 4.74 Å². The first-order valence-corrected chi connectivity index (χ1v) is 7.43. The van der Waals surface area contributed by atoms with Gasteiger partial charge in [0.2, 0.25) is 0 Å². The lowest BCUT2D eigenvalue weighted by molar-refractivity contribution is -0.175. The number of carboxylic acid groups (broad SMARTS) is 1. The molecule has 0 aliphatic heterocycles. The maximum atomic E-state index is 15.0. The second-order valence-electron chi connectivity index (χ2n) is 5.25. The maximum absolute atomic E-state index is 15.0. The summed E-state index contributed by atoms with van der Waals surface area (Å²) >= 11 is 0. The number of halogens is 3. The van der Waals surface area contributed by atoms with Gasteiger partial charge in [0.1, 0.15) is 5.75 Å². The van der Waals surface area contributed by atoms with Crippen LogP contribution in [0, 0.1) is 0 Å². The lowest BCUT2D eigenvalue weighted by Gasteiger charge is -2.28. The fourth-order valence-corrected chi connectivity index (χ4v) is 2.44. The van der Waals surface area contributed by atoms with E-state index in [1.807, 2.05) is 0 Å². The van der Waals surface area contributed by atoms with E-state index in [0.29, 0.717) is 0 Å². The molecular weight excluding hydrogens is 321 g/mol. The number of hydrogen-bond acceptors (Lipinski definition) is 2. The monoisotopic (exact) mass is 338 g/mol. The average Bonchev–Trinajstić information content (AvgIpc) is 2.57. The molecule has 2 atom stereocenters. The minimum absolute atomic E-state index is 0.158. The fourth-order valence-electron chi connectivity index (χ4n) is 2.44. The van der Waals surface area contributed by atoms with Crippen LogP contribution >= 0.6 is 0 Å². The van der Waals surface area contributed by atoms with E-state index in [1.165, 1.54) is 42.5 Å². The van der Waals surface area contributed by atoms with Gasteiger partial charge in [-0.1, -0.05) is 55.5 Å². The molecule has 0 aliphatic rings. The molecule has 128 valence electrons. The minimum atomic E-state index is -3.45. The van der Waals surface area contributed by atoms with Crippen LogP contribution in [0.2, 0.25) is 0 Å². The van der Waals surface area contributed by atoms with E-state index in [1.54, 1.807) is 19.1 Å². The van der Waals surface area contributed by atoms with Crippen LogP contribution in [0.25, 0.3) is 0 Å². The molecule has 0 radical (unpaired) electrons. The van der Waals surface area contributed by atoms with Gasteiger partial charge in [0.15, 0.2) is 0 Å². The van der Waals surface area contributed by atoms with Crippen LogP contribution < -0.4 is 4.74 Å². The Balaban J connectivity index is 2.47. The molecule has 0 bridgehead atoms. The Morgan fingerprint density at radius 3 is 2.25 bits per heavy atom. The zero-order valence-electron chi connectivity index (χ0n) is 13.0. The number of alkyl halides is 3. The van der Waals surface area contributed by atoms with Gasteiger partial charge in [-0.05, 0) is 12.5 Å². The number of rotatable bonds is 7. The summed E-state index contributed by atoms with van der Waals surface area (Å²) in [6, 6.07) is 12.6. The molecule has 2 aromatic rings. The molecule has 0 aliphatic carbocycles. The van der Waals surface area contributed by atoms with Crippen molar-refractivity contribution in [2.24, 2.45) is 0 Å². The summed E-state index contributed by atoms with van der Waals surface area (Å²) in [5.41, 5.74) is -0.177. The Morgan fingerprint density at radius 2 is 1.71 bits per heavy atom. The van der Waals surface area contributed by atoms with E-state index in [9.17, 15) is 23.1 Å². The molecule has 3 nitrogen and oxygen atoms in total. The molecule has 0 saturated carbocycles. The van der Waals surface area contributed by atoms with Crippen LogP contribution in [0.15, 0.2) is 54.6 Å². The first kappa shape index (κ1) is 17.8. The van der Waals surface area contributed by atoms with Crippen LogP contribution in [0.4, 0.5) is 13.2 Å². The molecular formula is C18H17F3O3. The van der Waals surface area contributed by atoms with Crippen molar-refractivity contribution >= 4 is 5.97 Å². The Morgan fingerprint density at radius 1 is 1.12 bits per heavy atom. The topological polar surface area (TPSA) is 46.5 Å². The summed E-state index contributed by atoms with van der Waals surface area (Å²) in [7, 11) is 0. The molecule has 2 aromatic carbocycles. The number of ether oxygens (including phenoxy) is 1. The lowest BCUT2D eigenvalue weighted by atomic mass is 9.95. The van der Waals surface area contributed by atoms with Crippen molar-refractivity contribution in [3.63, 3.8) is 0 Å². The molecule has 6 heteroatoms. The standard InChI is InChI=1S/C18H17F3O3/c1-2-13(16(22)23)14-10-6-7-11-15(14)24-18(21,17(19)20)12-8-4-3-5-9-12/h3-11,13,17H,2H2,1H3,(H,22,23). The van der Waals surface area contributed by atoms with Crippen LogP contribution in [-0.2, 0) is 10.6 Å². The van der Waals surface area contributed by atoms with Gasteiger partial charge < -0.3 is 9.84 Å². The zero-order chi connectivity index (χ0) is 17.7. The summed E-state index contributed by atoms with van der Waals surface area (Å²) in [5, 5.41) is 9.28. The molecule has 1 N–H and O–H groups in total. The molecule has 0 saturated heterocycles. The molecule has 2 rings (SSSR count). The summed E-state index contributed by atoms with van der Waals surface area (Å²) in [4.78, 5) is 11.4. The van der Waals surface area contributed by atoms with E-state index < -0.39 is 24.2 Å². The molecule has 0 amide bonds. The third kappa shape index (κ3) is 3.53. The smallest absolute Gasteiger partial charge is 0.334 e. The van der Waals surface area contributed by atoms with Crippen molar-refractivity contribution in [3.05, 3.63) is 65.7 Å². The van der Waals surface area contributed by atoms with E-state index >= 15 is 0 Å². The first-order chi connectivity index (χ1) is 11.4. The summed E-state index contributed by atoms with van der Waals surface area (Å²) < 4.78 is 46.8. The SMILES string of the molecule is CCC(C(=O)O)c1ccccc1OC(F)(c1ccccc1)C(F)F. The highest BCUT2D eigenvalue weighted by molar-refractivity contribution is 5.77. The molecule has 0 aromatic heterocycles. The van der Waals surface area contributed by atoms with Crippen LogP contribution in [0.3, 0.4) is 0 Å². The van der Waals surface area contributed by atoms with Crippen LogP contribution in [0.1, 0.15) is 30.4 Å². The Hall–Kier alpha value is -2.50. The Kier molecular flexibility index (Phi) is 5.49. The van der Waals surface area contributed by atoms with Gasteiger partial charge in [0, 0.05) is 11.1 Å². The summed E-state index contributed by atoms with van der Waals surface area (Å²) in [6.07, 6.45) is -3.23. The van der Waals surface area contributed by atoms with E-state index in [2.05, 4.69) is 0 Å². The molecule has 24 heavy (non-hydrogen) atoms. The van der Waals surface area contributed by atoms with Gasteiger partial charge in [0.05, 0.1) is 5.92 Å². The van der Waals surface area contributed by atoms with Crippen molar-refractivity contribution in [2.45, 2.75) is 31.5 Å². The van der Waals surface area contributed by atoms with Crippen molar-refractivity contribution in [2.75, 3.05) is 0 Å². The van der Waals surface area contributed by atoms with Gasteiger partial charge in [-0.3, -0.25) is 4.79 Å². The van der Waals surface area contributed by atoms with Crippen molar-refractivity contribution in [3.8, 4) is 5.75 Å². The predicted octanol–water partition coefficient (Wildman–Crippen LogP) is 4.73. The average molecular weight is 338 g/mol. The number of para-hydroxylation sites is 1. The van der Waals surface area contributed by atoms with Gasteiger partial charge >= 0.3 is 18.2 Å². The highest BCUT2D eigenvalue weighted by Crippen LogP contribution is 2.39.